The number of benzene rings is 1. The van der Waals surface area contributed by atoms with E-state index in [1.807, 2.05) is 36.4 Å². The Hall–Kier alpha value is -1.81. The first-order valence-electron chi connectivity index (χ1n) is 7.60. The molecule has 22 heavy (non-hydrogen) atoms. The molecular formula is C18H24O3Si. The van der Waals surface area contributed by atoms with E-state index in [0.717, 1.165) is 11.3 Å². The predicted molar refractivity (Wildman–Crippen MR) is 91.9 cm³/mol. The normalized spacial score (nSPS) is 22.1. The monoisotopic (exact) mass is 316 g/mol. The van der Waals surface area contributed by atoms with Gasteiger partial charge in [-0.15, -0.1) is 0 Å². The maximum atomic E-state index is 12.0. The molecule has 2 rings (SSSR count). The van der Waals surface area contributed by atoms with Crippen LogP contribution in [0.3, 0.4) is 0 Å². The Morgan fingerprint density at radius 3 is 2.55 bits per heavy atom. The Labute approximate surface area is 133 Å². The summed E-state index contributed by atoms with van der Waals surface area (Å²) < 4.78 is 11.0. The molecule has 0 bridgehead atoms. The van der Waals surface area contributed by atoms with Crippen molar-refractivity contribution in [2.75, 3.05) is 7.11 Å². The molecule has 3 nitrogen and oxygen atoms in total. The van der Waals surface area contributed by atoms with Crippen LogP contribution in [-0.4, -0.2) is 27.3 Å². The van der Waals surface area contributed by atoms with E-state index >= 15 is 0 Å². The molecule has 1 aromatic rings. The lowest BCUT2D eigenvalue weighted by Crippen LogP contribution is -2.27. The first-order chi connectivity index (χ1) is 10.4. The van der Waals surface area contributed by atoms with Crippen LogP contribution >= 0.6 is 0 Å². The lowest BCUT2D eigenvalue weighted by atomic mass is 9.96. The standard InChI is InChI=1S/C18H24O3Si/c1-20-18(19)15-12-16(10-11-22(2,3)4)21-17(13-15)14-8-6-5-7-9-14/h5-11,13,15-16H,12H2,1-4H3/b11-10-/t15-,16+/m0/s1. The van der Waals surface area contributed by atoms with Gasteiger partial charge in [0.15, 0.2) is 0 Å². The second kappa shape index (κ2) is 6.96. The summed E-state index contributed by atoms with van der Waals surface area (Å²) in [5.41, 5.74) is 3.25. The molecule has 118 valence electrons. The Morgan fingerprint density at radius 2 is 1.95 bits per heavy atom. The molecule has 0 saturated heterocycles. The molecule has 1 aliphatic rings. The average molecular weight is 316 g/mol. The topological polar surface area (TPSA) is 35.5 Å². The second-order valence-electron chi connectivity index (χ2n) is 6.64. The third-order valence-electron chi connectivity index (χ3n) is 3.49. The molecule has 0 N–H and O–H groups in total. The lowest BCUT2D eigenvalue weighted by Gasteiger charge is -2.27. The fraction of sp³-hybridized carbons (Fsp3) is 0.389. The van der Waals surface area contributed by atoms with Gasteiger partial charge in [-0.2, -0.15) is 0 Å². The molecule has 1 aromatic carbocycles. The van der Waals surface area contributed by atoms with Crippen LogP contribution in [-0.2, 0) is 14.3 Å². The summed E-state index contributed by atoms with van der Waals surface area (Å²) in [6.45, 7) is 6.83. The maximum Gasteiger partial charge on any atom is 0.312 e. The summed E-state index contributed by atoms with van der Waals surface area (Å²) in [4.78, 5) is 12.0. The number of esters is 1. The molecule has 4 heteroatoms. The number of carbonyl (C=O) groups is 1. The van der Waals surface area contributed by atoms with E-state index in [1.54, 1.807) is 0 Å². The zero-order chi connectivity index (χ0) is 16.2. The van der Waals surface area contributed by atoms with Crippen LogP contribution in [0, 0.1) is 5.92 Å². The number of methoxy groups -OCH3 is 1. The number of hydrogen-bond donors (Lipinski definition) is 0. The Bertz CT molecular complexity index is 570. The molecule has 0 spiro atoms. The fourth-order valence-corrected chi connectivity index (χ4v) is 3.14. The minimum absolute atomic E-state index is 0.0870. The van der Waals surface area contributed by atoms with Crippen LogP contribution in [0.1, 0.15) is 12.0 Å². The molecular weight excluding hydrogens is 292 g/mol. The van der Waals surface area contributed by atoms with Crippen molar-refractivity contribution >= 4 is 19.8 Å². The third-order valence-corrected chi connectivity index (χ3v) is 4.68. The van der Waals surface area contributed by atoms with Crippen molar-refractivity contribution < 1.29 is 14.3 Å². The highest BCUT2D eigenvalue weighted by molar-refractivity contribution is 6.80. The predicted octanol–water partition coefficient (Wildman–Crippen LogP) is 4.04. The van der Waals surface area contributed by atoms with Gasteiger partial charge in [-0.1, -0.05) is 61.7 Å². The molecule has 0 radical (unpaired) electrons. The molecule has 0 amide bonds. The maximum absolute atomic E-state index is 12.0. The highest BCUT2D eigenvalue weighted by Crippen LogP contribution is 2.30. The van der Waals surface area contributed by atoms with Gasteiger partial charge in [-0.25, -0.2) is 0 Å². The van der Waals surface area contributed by atoms with E-state index in [2.05, 4.69) is 31.4 Å². The molecule has 0 aromatic heterocycles. The van der Waals surface area contributed by atoms with E-state index in [-0.39, 0.29) is 18.0 Å². The highest BCUT2D eigenvalue weighted by atomic mass is 28.3. The highest BCUT2D eigenvalue weighted by Gasteiger charge is 2.28. The Balaban J connectivity index is 2.26. The van der Waals surface area contributed by atoms with Gasteiger partial charge < -0.3 is 9.47 Å². The number of carbonyl (C=O) groups excluding carboxylic acids is 1. The van der Waals surface area contributed by atoms with Gasteiger partial charge in [0.25, 0.3) is 0 Å². The van der Waals surface area contributed by atoms with Crippen molar-refractivity contribution in [2.45, 2.75) is 32.2 Å². The van der Waals surface area contributed by atoms with Crippen molar-refractivity contribution in [1.29, 1.82) is 0 Å². The van der Waals surface area contributed by atoms with E-state index < -0.39 is 8.07 Å². The van der Waals surface area contributed by atoms with Crippen molar-refractivity contribution in [3.05, 3.63) is 53.7 Å². The summed E-state index contributed by atoms with van der Waals surface area (Å²) in [7, 11) is 0.135. The average Bonchev–Trinajstić information content (AvgIpc) is 2.52. The van der Waals surface area contributed by atoms with Crippen LogP contribution in [0.2, 0.25) is 19.6 Å². The van der Waals surface area contributed by atoms with Crippen molar-refractivity contribution in [3.63, 3.8) is 0 Å². The van der Waals surface area contributed by atoms with Gasteiger partial charge in [0.1, 0.15) is 11.9 Å². The SMILES string of the molecule is COC(=O)[C@@H]1C=C(c2ccccc2)O[C@H](/C=C\[Si](C)(C)C)C1. The molecule has 1 aliphatic heterocycles. The van der Waals surface area contributed by atoms with Crippen LogP contribution < -0.4 is 0 Å². The summed E-state index contributed by atoms with van der Waals surface area (Å²) >= 11 is 0. The zero-order valence-corrected chi connectivity index (χ0v) is 14.7. The first kappa shape index (κ1) is 16.6. The van der Waals surface area contributed by atoms with Crippen LogP contribution in [0.25, 0.3) is 5.76 Å². The number of rotatable bonds is 4. The van der Waals surface area contributed by atoms with Crippen LogP contribution in [0.5, 0.6) is 0 Å². The fourth-order valence-electron chi connectivity index (χ4n) is 2.35. The summed E-state index contributed by atoms with van der Waals surface area (Å²) in [6, 6.07) is 9.88. The van der Waals surface area contributed by atoms with Gasteiger partial charge in [0.2, 0.25) is 0 Å². The molecule has 0 unspecified atom stereocenters. The first-order valence-corrected chi connectivity index (χ1v) is 11.2. The largest absolute Gasteiger partial charge is 0.486 e. The number of hydrogen-bond acceptors (Lipinski definition) is 3. The molecule has 1 heterocycles. The summed E-state index contributed by atoms with van der Waals surface area (Å²) in [5.74, 6) is 0.292. The van der Waals surface area contributed by atoms with E-state index in [4.69, 9.17) is 9.47 Å². The lowest BCUT2D eigenvalue weighted by molar-refractivity contribution is -0.144. The second-order valence-corrected chi connectivity index (χ2v) is 11.7. The zero-order valence-electron chi connectivity index (χ0n) is 13.7. The van der Waals surface area contributed by atoms with Crippen LogP contribution in [0.15, 0.2) is 48.2 Å². The molecule has 0 saturated carbocycles. The van der Waals surface area contributed by atoms with E-state index in [1.165, 1.54) is 7.11 Å². The smallest absolute Gasteiger partial charge is 0.312 e. The van der Waals surface area contributed by atoms with Gasteiger partial charge in [-0.3, -0.25) is 4.79 Å². The van der Waals surface area contributed by atoms with Crippen molar-refractivity contribution in [1.82, 2.24) is 0 Å². The Kier molecular flexibility index (Phi) is 5.24. The summed E-state index contributed by atoms with van der Waals surface area (Å²) in [5, 5.41) is 0. The minimum Gasteiger partial charge on any atom is -0.486 e. The van der Waals surface area contributed by atoms with Crippen molar-refractivity contribution in [2.24, 2.45) is 5.92 Å². The van der Waals surface area contributed by atoms with Crippen molar-refractivity contribution in [3.8, 4) is 0 Å². The van der Waals surface area contributed by atoms with Crippen LogP contribution in [0.4, 0.5) is 0 Å². The number of ether oxygens (including phenoxy) is 2. The minimum atomic E-state index is -1.30. The summed E-state index contributed by atoms with van der Waals surface area (Å²) in [6.07, 6.45) is 4.53. The Morgan fingerprint density at radius 1 is 1.27 bits per heavy atom. The van der Waals surface area contributed by atoms with Gasteiger partial charge in [0.05, 0.1) is 21.1 Å². The molecule has 0 aliphatic carbocycles. The van der Waals surface area contributed by atoms with E-state index in [0.29, 0.717) is 6.42 Å². The van der Waals surface area contributed by atoms with Gasteiger partial charge in [-0.05, 0) is 6.08 Å². The quantitative estimate of drug-likeness (QED) is 0.621. The van der Waals surface area contributed by atoms with E-state index in [9.17, 15) is 4.79 Å². The molecule has 2 atom stereocenters. The van der Waals surface area contributed by atoms with Gasteiger partial charge >= 0.3 is 5.97 Å². The van der Waals surface area contributed by atoms with Gasteiger partial charge in [0, 0.05) is 12.0 Å². The molecule has 0 fully saturated rings. The third kappa shape index (κ3) is 4.60.